The molecule has 0 aliphatic rings. The molecule has 0 aliphatic carbocycles. The van der Waals surface area contributed by atoms with Crippen molar-refractivity contribution >= 4 is 21.7 Å². The molecule has 0 aromatic heterocycles. The van der Waals surface area contributed by atoms with Crippen LogP contribution < -0.4 is 10.1 Å². The molecule has 0 spiro atoms. The van der Waals surface area contributed by atoms with E-state index in [9.17, 15) is 13.2 Å². The fraction of sp³-hybridized carbons (Fsp3) is 0.562. The summed E-state index contributed by atoms with van der Waals surface area (Å²) < 4.78 is 37.0. The predicted molar refractivity (Wildman–Crippen MR) is 91.7 cm³/mol. The molecule has 0 saturated heterocycles. The third-order valence-electron chi connectivity index (χ3n) is 2.65. The summed E-state index contributed by atoms with van der Waals surface area (Å²) in [4.78, 5) is 11.8. The van der Waals surface area contributed by atoms with Gasteiger partial charge in [-0.2, -0.15) is 8.42 Å². The number of nitrogens with one attached hydrogen (secondary N) is 1. The van der Waals surface area contributed by atoms with Gasteiger partial charge in [0.2, 0.25) is 5.91 Å². The summed E-state index contributed by atoms with van der Waals surface area (Å²) in [7, 11) is -3.45. The number of rotatable bonds is 9. The van der Waals surface area contributed by atoms with Gasteiger partial charge >= 0.3 is 0 Å². The number of hydrogen-bond acceptors (Lipinski definition) is 6. The van der Waals surface area contributed by atoms with E-state index in [4.69, 9.17) is 9.47 Å². The topological polar surface area (TPSA) is 90.9 Å². The molecular weight excluding hydrogens is 334 g/mol. The second kappa shape index (κ2) is 9.00. The Balaban J connectivity index is 2.32. The van der Waals surface area contributed by atoms with Gasteiger partial charge in [-0.05, 0) is 45.0 Å². The first kappa shape index (κ1) is 20.4. The highest BCUT2D eigenvalue weighted by molar-refractivity contribution is 7.85. The molecule has 0 bridgehead atoms. The van der Waals surface area contributed by atoms with Crippen LogP contribution in [-0.4, -0.2) is 46.0 Å². The smallest absolute Gasteiger partial charge is 0.264 e. The van der Waals surface area contributed by atoms with Crippen molar-refractivity contribution in [3.05, 3.63) is 24.3 Å². The highest BCUT2D eigenvalue weighted by atomic mass is 32.2. The lowest BCUT2D eigenvalue weighted by molar-refractivity contribution is -0.118. The molecule has 0 heterocycles. The lowest BCUT2D eigenvalue weighted by Gasteiger charge is -2.19. The number of ether oxygens (including phenoxy) is 2. The van der Waals surface area contributed by atoms with E-state index in [1.165, 1.54) is 0 Å². The van der Waals surface area contributed by atoms with E-state index >= 15 is 0 Å². The van der Waals surface area contributed by atoms with Gasteiger partial charge in [0, 0.05) is 5.69 Å². The second-order valence-electron chi connectivity index (χ2n) is 6.16. The molecule has 0 radical (unpaired) electrons. The molecule has 1 amide bonds. The molecule has 1 aromatic rings. The van der Waals surface area contributed by atoms with E-state index in [0.717, 1.165) is 6.26 Å². The van der Waals surface area contributed by atoms with Gasteiger partial charge in [-0.15, -0.1) is 0 Å². The van der Waals surface area contributed by atoms with Crippen molar-refractivity contribution in [3.8, 4) is 5.75 Å². The largest absolute Gasteiger partial charge is 0.491 e. The number of amides is 1. The zero-order valence-electron chi connectivity index (χ0n) is 14.5. The van der Waals surface area contributed by atoms with Gasteiger partial charge in [0.1, 0.15) is 19.0 Å². The van der Waals surface area contributed by atoms with E-state index in [-0.39, 0.29) is 31.1 Å². The second-order valence-corrected chi connectivity index (χ2v) is 7.80. The Morgan fingerprint density at radius 3 is 2.25 bits per heavy atom. The Hall–Kier alpha value is -1.64. The SMILES string of the molecule is CC(C)(C)OCCC(=O)Nc1ccc(OCCOS(C)(=O)=O)cc1. The zero-order valence-corrected chi connectivity index (χ0v) is 15.3. The molecular formula is C16H25NO6S. The number of hydrogen-bond donors (Lipinski definition) is 1. The minimum Gasteiger partial charge on any atom is -0.491 e. The van der Waals surface area contributed by atoms with E-state index < -0.39 is 10.1 Å². The number of carbonyl (C=O) groups excluding carboxylic acids is 1. The Kier molecular flexibility index (Phi) is 7.65. The van der Waals surface area contributed by atoms with Crippen LogP contribution in [0.5, 0.6) is 5.75 Å². The third-order valence-corrected chi connectivity index (χ3v) is 3.25. The van der Waals surface area contributed by atoms with Gasteiger partial charge < -0.3 is 14.8 Å². The maximum absolute atomic E-state index is 11.8. The first-order valence-electron chi connectivity index (χ1n) is 7.56. The lowest BCUT2D eigenvalue weighted by atomic mass is 10.2. The fourth-order valence-electron chi connectivity index (χ4n) is 1.65. The Morgan fingerprint density at radius 1 is 1.08 bits per heavy atom. The molecule has 7 nitrogen and oxygen atoms in total. The van der Waals surface area contributed by atoms with Crippen molar-refractivity contribution in [1.29, 1.82) is 0 Å². The summed E-state index contributed by atoms with van der Waals surface area (Å²) in [5, 5.41) is 2.76. The summed E-state index contributed by atoms with van der Waals surface area (Å²) in [5.74, 6) is 0.427. The Morgan fingerprint density at radius 2 is 1.71 bits per heavy atom. The first-order valence-corrected chi connectivity index (χ1v) is 9.38. The van der Waals surface area contributed by atoms with Crippen molar-refractivity contribution in [2.75, 3.05) is 31.4 Å². The maximum atomic E-state index is 11.8. The maximum Gasteiger partial charge on any atom is 0.264 e. The average Bonchev–Trinajstić information content (AvgIpc) is 2.43. The van der Waals surface area contributed by atoms with Gasteiger partial charge in [0.25, 0.3) is 10.1 Å². The quantitative estimate of drug-likeness (QED) is 0.537. The lowest BCUT2D eigenvalue weighted by Crippen LogP contribution is -2.22. The van der Waals surface area contributed by atoms with Crippen molar-refractivity contribution in [3.63, 3.8) is 0 Å². The first-order chi connectivity index (χ1) is 11.1. The number of benzene rings is 1. The standard InChI is InChI=1S/C16H25NO6S/c1-16(2,3)22-10-9-15(18)17-13-5-7-14(8-6-13)21-11-12-23-24(4,19)20/h5-8H,9-12H2,1-4H3,(H,17,18). The van der Waals surface area contributed by atoms with Crippen LogP contribution in [0.15, 0.2) is 24.3 Å². The van der Waals surface area contributed by atoms with Crippen LogP contribution in [0.4, 0.5) is 5.69 Å². The normalized spacial score (nSPS) is 12.0. The van der Waals surface area contributed by atoms with E-state index in [1.807, 2.05) is 20.8 Å². The van der Waals surface area contributed by atoms with Crippen LogP contribution in [-0.2, 0) is 23.8 Å². The van der Waals surface area contributed by atoms with Crippen LogP contribution in [0.2, 0.25) is 0 Å². The summed E-state index contributed by atoms with van der Waals surface area (Å²) in [6.07, 6.45) is 1.26. The predicted octanol–water partition coefficient (Wildman–Crippen LogP) is 2.19. The molecule has 0 saturated carbocycles. The molecule has 0 fully saturated rings. The molecule has 1 rings (SSSR count). The zero-order chi connectivity index (χ0) is 18.2. The minimum atomic E-state index is -3.45. The summed E-state index contributed by atoms with van der Waals surface area (Å²) in [6.45, 7) is 6.23. The molecule has 0 atom stereocenters. The van der Waals surface area contributed by atoms with E-state index in [2.05, 4.69) is 9.50 Å². The van der Waals surface area contributed by atoms with Gasteiger partial charge in [0.15, 0.2) is 0 Å². The van der Waals surface area contributed by atoms with Crippen molar-refractivity contribution in [2.45, 2.75) is 32.8 Å². The molecule has 0 aliphatic heterocycles. The van der Waals surface area contributed by atoms with Gasteiger partial charge in [0.05, 0.1) is 24.9 Å². The number of carbonyl (C=O) groups is 1. The fourth-order valence-corrected chi connectivity index (χ4v) is 2.02. The Labute approximate surface area is 143 Å². The van der Waals surface area contributed by atoms with Gasteiger partial charge in [-0.1, -0.05) is 0 Å². The molecule has 1 aromatic carbocycles. The highest BCUT2D eigenvalue weighted by Crippen LogP contribution is 2.16. The number of anilines is 1. The van der Waals surface area contributed by atoms with Crippen molar-refractivity contribution < 1.29 is 26.9 Å². The van der Waals surface area contributed by atoms with E-state index in [0.29, 0.717) is 18.0 Å². The molecule has 136 valence electrons. The van der Waals surface area contributed by atoms with Crippen molar-refractivity contribution in [2.24, 2.45) is 0 Å². The molecule has 1 N–H and O–H groups in total. The van der Waals surface area contributed by atoms with Crippen molar-refractivity contribution in [1.82, 2.24) is 0 Å². The van der Waals surface area contributed by atoms with Gasteiger partial charge in [-0.25, -0.2) is 0 Å². The summed E-state index contributed by atoms with van der Waals surface area (Å²) in [5.41, 5.74) is 0.385. The van der Waals surface area contributed by atoms with Gasteiger partial charge in [-0.3, -0.25) is 8.98 Å². The van der Waals surface area contributed by atoms with Crippen LogP contribution >= 0.6 is 0 Å². The highest BCUT2D eigenvalue weighted by Gasteiger charge is 2.11. The Bertz CT molecular complexity index is 619. The third kappa shape index (κ3) is 10.2. The van der Waals surface area contributed by atoms with E-state index in [1.54, 1.807) is 24.3 Å². The molecule has 0 unspecified atom stereocenters. The monoisotopic (exact) mass is 359 g/mol. The molecule has 8 heteroatoms. The summed E-state index contributed by atoms with van der Waals surface area (Å²) in [6, 6.07) is 6.77. The average molecular weight is 359 g/mol. The van der Waals surface area contributed by atoms with Crippen LogP contribution in [0, 0.1) is 0 Å². The minimum absolute atomic E-state index is 0.0505. The summed E-state index contributed by atoms with van der Waals surface area (Å²) >= 11 is 0. The van der Waals surface area contributed by atoms with Crippen LogP contribution in [0.1, 0.15) is 27.2 Å². The molecule has 24 heavy (non-hydrogen) atoms. The van der Waals surface area contributed by atoms with Crippen LogP contribution in [0.3, 0.4) is 0 Å². The van der Waals surface area contributed by atoms with Crippen LogP contribution in [0.25, 0.3) is 0 Å².